The van der Waals surface area contributed by atoms with E-state index in [4.69, 9.17) is 0 Å². The van der Waals surface area contributed by atoms with Crippen LogP contribution in [0.4, 0.5) is 23.4 Å². The first-order valence-electron chi connectivity index (χ1n) is 9.04. The number of rotatable bonds is 7. The lowest BCUT2D eigenvalue weighted by Gasteiger charge is -2.09. The van der Waals surface area contributed by atoms with Crippen molar-refractivity contribution in [1.82, 2.24) is 25.1 Å². The van der Waals surface area contributed by atoms with Crippen LogP contribution in [0.2, 0.25) is 0 Å². The first-order valence-corrected chi connectivity index (χ1v) is 9.04. The molecule has 0 aliphatic rings. The third-order valence-electron chi connectivity index (χ3n) is 3.72. The number of aromatic nitrogens is 5. The maximum atomic E-state index is 12.2. The van der Waals surface area contributed by atoms with Crippen molar-refractivity contribution in [2.45, 2.75) is 40.2 Å². The van der Waals surface area contributed by atoms with Gasteiger partial charge in [-0.2, -0.15) is 20.1 Å². The number of hydrogen-bond acceptors (Lipinski definition) is 7. The highest BCUT2D eigenvalue weighted by Crippen LogP contribution is 2.14. The van der Waals surface area contributed by atoms with Gasteiger partial charge in [-0.15, -0.1) is 0 Å². The molecule has 0 aliphatic heterocycles. The highest BCUT2D eigenvalue weighted by molar-refractivity contribution is 5.92. The van der Waals surface area contributed by atoms with E-state index in [9.17, 15) is 4.79 Å². The molecule has 28 heavy (non-hydrogen) atoms. The summed E-state index contributed by atoms with van der Waals surface area (Å²) in [5.74, 6) is 1.88. The zero-order chi connectivity index (χ0) is 20.1. The average molecular weight is 380 g/mol. The summed E-state index contributed by atoms with van der Waals surface area (Å²) < 4.78 is 0. The van der Waals surface area contributed by atoms with Crippen LogP contribution in [-0.4, -0.2) is 37.1 Å². The van der Waals surface area contributed by atoms with Gasteiger partial charge in [-0.3, -0.25) is 9.89 Å². The third kappa shape index (κ3) is 5.50. The first kappa shape index (κ1) is 19.3. The number of hydrogen-bond donors (Lipinski definition) is 4. The van der Waals surface area contributed by atoms with Gasteiger partial charge in [0.1, 0.15) is 5.82 Å². The van der Waals surface area contributed by atoms with E-state index in [1.807, 2.05) is 45.0 Å². The van der Waals surface area contributed by atoms with E-state index in [1.165, 1.54) is 0 Å². The summed E-state index contributed by atoms with van der Waals surface area (Å²) in [5, 5.41) is 16.1. The van der Waals surface area contributed by atoms with Gasteiger partial charge in [-0.05, 0) is 39.8 Å². The molecule has 4 N–H and O–H groups in total. The van der Waals surface area contributed by atoms with Gasteiger partial charge in [0.25, 0.3) is 0 Å². The molecule has 0 saturated carbocycles. The summed E-state index contributed by atoms with van der Waals surface area (Å²) in [4.78, 5) is 25.0. The molecule has 9 nitrogen and oxygen atoms in total. The summed E-state index contributed by atoms with van der Waals surface area (Å²) in [6.45, 7) is 7.81. The van der Waals surface area contributed by atoms with Crippen molar-refractivity contribution < 1.29 is 4.79 Å². The number of nitrogens with zero attached hydrogens (tertiary/aromatic N) is 4. The van der Waals surface area contributed by atoms with Crippen LogP contribution in [-0.2, 0) is 11.2 Å². The summed E-state index contributed by atoms with van der Waals surface area (Å²) in [5.41, 5.74) is 2.58. The maximum Gasteiger partial charge on any atom is 0.233 e. The molecule has 0 spiro atoms. The highest BCUT2D eigenvalue weighted by atomic mass is 16.1. The van der Waals surface area contributed by atoms with Crippen molar-refractivity contribution in [3.63, 3.8) is 0 Å². The lowest BCUT2D eigenvalue weighted by atomic mass is 10.2. The number of benzene rings is 1. The Balaban J connectivity index is 1.61. The van der Waals surface area contributed by atoms with Crippen LogP contribution in [0.3, 0.4) is 0 Å². The summed E-state index contributed by atoms with van der Waals surface area (Å²) in [7, 11) is 0. The highest BCUT2D eigenvalue weighted by Gasteiger charge is 2.10. The van der Waals surface area contributed by atoms with Gasteiger partial charge in [0, 0.05) is 23.5 Å². The Hall–Kier alpha value is -3.49. The lowest BCUT2D eigenvalue weighted by molar-refractivity contribution is -0.115. The van der Waals surface area contributed by atoms with Crippen molar-refractivity contribution in [2.24, 2.45) is 0 Å². The Kier molecular flexibility index (Phi) is 5.83. The molecule has 3 aromatic rings. The van der Waals surface area contributed by atoms with E-state index in [0.29, 0.717) is 29.2 Å². The van der Waals surface area contributed by atoms with Crippen LogP contribution in [0.25, 0.3) is 0 Å². The maximum absolute atomic E-state index is 12.2. The van der Waals surface area contributed by atoms with Crippen LogP contribution in [0.1, 0.15) is 30.9 Å². The first-order chi connectivity index (χ1) is 13.4. The van der Waals surface area contributed by atoms with E-state index in [0.717, 1.165) is 11.3 Å². The SMILES string of the molecule is Cc1ccc(NC(=O)Cc2cc(Nc3nc(C)nc(NC(C)C)n3)n[nH]2)cc1. The van der Waals surface area contributed by atoms with Crippen molar-refractivity contribution in [2.75, 3.05) is 16.0 Å². The third-order valence-corrected chi connectivity index (χ3v) is 3.72. The van der Waals surface area contributed by atoms with Gasteiger partial charge >= 0.3 is 0 Å². The summed E-state index contributed by atoms with van der Waals surface area (Å²) in [6.07, 6.45) is 0.180. The van der Waals surface area contributed by atoms with E-state index in [2.05, 4.69) is 41.1 Å². The Bertz CT molecular complexity index is 949. The van der Waals surface area contributed by atoms with Crippen molar-refractivity contribution in [3.05, 3.63) is 47.4 Å². The van der Waals surface area contributed by atoms with Gasteiger partial charge in [0.15, 0.2) is 5.82 Å². The molecule has 0 fully saturated rings. The van der Waals surface area contributed by atoms with Crippen molar-refractivity contribution >= 4 is 29.3 Å². The van der Waals surface area contributed by atoms with E-state index < -0.39 is 0 Å². The fourth-order valence-corrected chi connectivity index (χ4v) is 2.51. The molecule has 0 unspecified atom stereocenters. The van der Waals surface area contributed by atoms with Crippen LogP contribution < -0.4 is 16.0 Å². The molecule has 2 aromatic heterocycles. The molecule has 2 heterocycles. The summed E-state index contributed by atoms with van der Waals surface area (Å²) >= 11 is 0. The number of amides is 1. The van der Waals surface area contributed by atoms with Gasteiger partial charge in [-0.1, -0.05) is 17.7 Å². The predicted molar refractivity (Wildman–Crippen MR) is 109 cm³/mol. The molecule has 0 radical (unpaired) electrons. The average Bonchev–Trinajstić information content (AvgIpc) is 3.02. The number of carbonyl (C=O) groups excluding carboxylic acids is 1. The summed E-state index contributed by atoms with van der Waals surface area (Å²) in [6, 6.07) is 9.61. The van der Waals surface area contributed by atoms with E-state index in [-0.39, 0.29) is 18.4 Å². The molecule has 3 rings (SSSR count). The largest absolute Gasteiger partial charge is 0.352 e. The number of carbonyl (C=O) groups is 1. The molecule has 146 valence electrons. The van der Waals surface area contributed by atoms with Crippen molar-refractivity contribution in [3.8, 4) is 0 Å². The van der Waals surface area contributed by atoms with Gasteiger partial charge in [-0.25, -0.2) is 0 Å². The quantitative estimate of drug-likeness (QED) is 0.497. The minimum Gasteiger partial charge on any atom is -0.352 e. The lowest BCUT2D eigenvalue weighted by Crippen LogP contribution is -2.14. The van der Waals surface area contributed by atoms with E-state index >= 15 is 0 Å². The van der Waals surface area contributed by atoms with Crippen LogP contribution in [0.15, 0.2) is 30.3 Å². The molecule has 0 atom stereocenters. The van der Waals surface area contributed by atoms with Crippen LogP contribution in [0.5, 0.6) is 0 Å². The standard InChI is InChI=1S/C19H24N8O/c1-11(2)20-18-21-13(4)22-19(25-18)24-16-9-15(26-27-16)10-17(28)23-14-7-5-12(3)6-8-14/h5-9,11H,10H2,1-4H3,(H,23,28)(H3,20,21,22,24,25,26,27). The van der Waals surface area contributed by atoms with Crippen molar-refractivity contribution in [1.29, 1.82) is 0 Å². The Morgan fingerprint density at radius 3 is 2.50 bits per heavy atom. The zero-order valence-electron chi connectivity index (χ0n) is 16.4. The molecule has 0 aliphatic carbocycles. The van der Waals surface area contributed by atoms with Gasteiger partial charge < -0.3 is 16.0 Å². The molecule has 0 bridgehead atoms. The normalized spacial score (nSPS) is 10.8. The molecule has 0 saturated heterocycles. The van der Waals surface area contributed by atoms with Crippen LogP contribution >= 0.6 is 0 Å². The number of H-pyrrole nitrogens is 1. The molecular weight excluding hydrogens is 356 g/mol. The molecule has 1 amide bonds. The van der Waals surface area contributed by atoms with Crippen LogP contribution in [0, 0.1) is 13.8 Å². The van der Waals surface area contributed by atoms with Gasteiger partial charge in [0.2, 0.25) is 17.8 Å². The number of aryl methyl sites for hydroxylation is 2. The molecule has 1 aromatic carbocycles. The van der Waals surface area contributed by atoms with Gasteiger partial charge in [0.05, 0.1) is 6.42 Å². The fourth-order valence-electron chi connectivity index (χ4n) is 2.51. The fraction of sp³-hybridized carbons (Fsp3) is 0.316. The zero-order valence-corrected chi connectivity index (χ0v) is 16.4. The predicted octanol–water partition coefficient (Wildman–Crippen LogP) is 2.96. The molecule has 9 heteroatoms. The minimum atomic E-state index is -0.126. The topological polar surface area (TPSA) is 121 Å². The number of anilines is 4. The Morgan fingerprint density at radius 2 is 1.79 bits per heavy atom. The second kappa shape index (κ2) is 8.47. The number of nitrogens with one attached hydrogen (secondary N) is 4. The monoisotopic (exact) mass is 380 g/mol. The second-order valence-corrected chi connectivity index (χ2v) is 6.82. The second-order valence-electron chi connectivity index (χ2n) is 6.82. The molecular formula is C19H24N8O. The van der Waals surface area contributed by atoms with E-state index in [1.54, 1.807) is 13.0 Å². The minimum absolute atomic E-state index is 0.126. The Labute approximate surface area is 163 Å². The smallest absolute Gasteiger partial charge is 0.233 e. The number of aromatic amines is 1. The Morgan fingerprint density at radius 1 is 1.07 bits per heavy atom.